The predicted molar refractivity (Wildman–Crippen MR) is 97.4 cm³/mol. The number of nitrogens with zero attached hydrogens (tertiary/aromatic N) is 2. The Morgan fingerprint density at radius 2 is 1.74 bits per heavy atom. The highest BCUT2D eigenvalue weighted by atomic mass is 79.9. The van der Waals surface area contributed by atoms with Gasteiger partial charge in [-0.15, -0.1) is 0 Å². The summed E-state index contributed by atoms with van der Waals surface area (Å²) in [4.78, 5) is 4.52. The molecule has 0 fully saturated rings. The molecule has 3 aromatic rings. The highest BCUT2D eigenvalue weighted by molar-refractivity contribution is 9.10. The van der Waals surface area contributed by atoms with Crippen molar-refractivity contribution in [3.8, 4) is 0 Å². The molecule has 1 heterocycles. The molecule has 0 aliphatic rings. The zero-order chi connectivity index (χ0) is 16.1. The van der Waals surface area contributed by atoms with E-state index in [9.17, 15) is 5.11 Å². The van der Waals surface area contributed by atoms with E-state index >= 15 is 0 Å². The smallest absolute Gasteiger partial charge is 0.168 e. The molecule has 0 atom stereocenters. The summed E-state index contributed by atoms with van der Waals surface area (Å²) in [6.45, 7) is 0.726. The Kier molecular flexibility index (Phi) is 5.54. The van der Waals surface area contributed by atoms with Crippen molar-refractivity contribution in [3.05, 3.63) is 82.1 Å². The quantitative estimate of drug-likeness (QED) is 0.632. The molecular formula is C18H17BrN2OS. The molecule has 3 nitrogen and oxygen atoms in total. The average molecular weight is 389 g/mol. The standard InChI is InChI=1S/C18H17BrN2OS/c19-16-8-6-15(7-9-16)13-23-18-20-17(12-22)11-21(18)10-14-4-2-1-3-5-14/h1-9,11,22H,10,12-13H2. The minimum atomic E-state index is -0.0341. The van der Waals surface area contributed by atoms with Crippen LogP contribution < -0.4 is 0 Å². The number of aromatic nitrogens is 2. The van der Waals surface area contributed by atoms with Gasteiger partial charge in [-0.1, -0.05) is 70.2 Å². The van der Waals surface area contributed by atoms with E-state index in [-0.39, 0.29) is 6.61 Å². The SMILES string of the molecule is OCc1cn(Cc2ccccc2)c(SCc2ccc(Br)cc2)n1. The summed E-state index contributed by atoms with van der Waals surface area (Å²) in [5.74, 6) is 0.851. The molecule has 3 rings (SSSR count). The van der Waals surface area contributed by atoms with Crippen LogP contribution in [0.2, 0.25) is 0 Å². The highest BCUT2D eigenvalue weighted by Gasteiger charge is 2.09. The van der Waals surface area contributed by atoms with Gasteiger partial charge in [-0.2, -0.15) is 0 Å². The number of imidazole rings is 1. The Balaban J connectivity index is 1.75. The summed E-state index contributed by atoms with van der Waals surface area (Å²) in [7, 11) is 0. The molecule has 23 heavy (non-hydrogen) atoms. The lowest BCUT2D eigenvalue weighted by molar-refractivity contribution is 0.277. The van der Waals surface area contributed by atoms with Crippen LogP contribution in [0.1, 0.15) is 16.8 Å². The largest absolute Gasteiger partial charge is 0.390 e. The minimum Gasteiger partial charge on any atom is -0.390 e. The van der Waals surface area contributed by atoms with E-state index in [1.807, 2.05) is 36.5 Å². The lowest BCUT2D eigenvalue weighted by Gasteiger charge is -2.07. The molecule has 0 aliphatic carbocycles. The van der Waals surface area contributed by atoms with Gasteiger partial charge in [-0.3, -0.25) is 0 Å². The number of benzene rings is 2. The first-order valence-electron chi connectivity index (χ1n) is 7.32. The maximum Gasteiger partial charge on any atom is 0.168 e. The number of aliphatic hydroxyl groups excluding tert-OH is 1. The van der Waals surface area contributed by atoms with Crippen LogP contribution in [0.5, 0.6) is 0 Å². The second-order valence-electron chi connectivity index (χ2n) is 5.20. The third-order valence-corrected chi connectivity index (χ3v) is 5.02. The van der Waals surface area contributed by atoms with E-state index in [1.165, 1.54) is 11.1 Å². The molecule has 0 unspecified atom stereocenters. The number of rotatable bonds is 6. The minimum absolute atomic E-state index is 0.0341. The number of halogens is 1. The number of thioether (sulfide) groups is 1. The van der Waals surface area contributed by atoms with Crippen molar-refractivity contribution in [1.82, 2.24) is 9.55 Å². The first kappa shape index (κ1) is 16.3. The zero-order valence-corrected chi connectivity index (χ0v) is 14.9. The molecule has 118 valence electrons. The number of aliphatic hydroxyl groups is 1. The van der Waals surface area contributed by atoms with E-state index in [0.717, 1.165) is 21.9 Å². The van der Waals surface area contributed by atoms with Crippen molar-refractivity contribution in [1.29, 1.82) is 0 Å². The Morgan fingerprint density at radius 1 is 1.00 bits per heavy atom. The van der Waals surface area contributed by atoms with Gasteiger partial charge in [0.1, 0.15) is 0 Å². The average Bonchev–Trinajstić information content (AvgIpc) is 2.97. The predicted octanol–water partition coefficient (Wildman–Crippen LogP) is 4.48. The van der Waals surface area contributed by atoms with Gasteiger partial charge in [0, 0.05) is 23.0 Å². The summed E-state index contributed by atoms with van der Waals surface area (Å²) in [5, 5.41) is 10.3. The molecule has 5 heteroatoms. The Labute approximate surface area is 148 Å². The number of hydrogen-bond acceptors (Lipinski definition) is 3. The molecule has 2 aromatic carbocycles. The summed E-state index contributed by atoms with van der Waals surface area (Å²) in [6.07, 6.45) is 1.93. The first-order chi connectivity index (χ1) is 11.2. The lowest BCUT2D eigenvalue weighted by Crippen LogP contribution is -2.00. The van der Waals surface area contributed by atoms with E-state index in [2.05, 4.69) is 49.7 Å². The van der Waals surface area contributed by atoms with Gasteiger partial charge < -0.3 is 9.67 Å². The summed E-state index contributed by atoms with van der Waals surface area (Å²) >= 11 is 5.14. The maximum atomic E-state index is 9.37. The molecule has 0 bridgehead atoms. The van der Waals surface area contributed by atoms with Crippen molar-refractivity contribution in [2.24, 2.45) is 0 Å². The maximum absolute atomic E-state index is 9.37. The highest BCUT2D eigenvalue weighted by Crippen LogP contribution is 2.24. The molecule has 0 spiro atoms. The lowest BCUT2D eigenvalue weighted by atomic mass is 10.2. The van der Waals surface area contributed by atoms with Crippen LogP contribution in [0.3, 0.4) is 0 Å². The van der Waals surface area contributed by atoms with Crippen LogP contribution in [0.15, 0.2) is 70.4 Å². The number of hydrogen-bond donors (Lipinski definition) is 1. The van der Waals surface area contributed by atoms with Crippen LogP contribution in [0, 0.1) is 0 Å². The Hall–Kier alpha value is -1.56. The fourth-order valence-electron chi connectivity index (χ4n) is 2.26. The van der Waals surface area contributed by atoms with Gasteiger partial charge in [0.15, 0.2) is 5.16 Å². The second-order valence-corrected chi connectivity index (χ2v) is 7.06. The summed E-state index contributed by atoms with van der Waals surface area (Å²) in [5.41, 5.74) is 3.18. The first-order valence-corrected chi connectivity index (χ1v) is 9.10. The molecule has 0 radical (unpaired) electrons. The Morgan fingerprint density at radius 3 is 2.43 bits per heavy atom. The van der Waals surface area contributed by atoms with Gasteiger partial charge in [0.05, 0.1) is 12.3 Å². The molecule has 0 aliphatic heterocycles. The van der Waals surface area contributed by atoms with E-state index < -0.39 is 0 Å². The van der Waals surface area contributed by atoms with Crippen LogP contribution in [0.25, 0.3) is 0 Å². The summed E-state index contributed by atoms with van der Waals surface area (Å²) in [6, 6.07) is 18.6. The van der Waals surface area contributed by atoms with Crippen LogP contribution >= 0.6 is 27.7 Å². The molecular weight excluding hydrogens is 372 g/mol. The normalized spacial score (nSPS) is 10.9. The fraction of sp³-hybridized carbons (Fsp3) is 0.167. The topological polar surface area (TPSA) is 38.0 Å². The molecule has 0 saturated carbocycles. The molecule has 0 amide bonds. The zero-order valence-electron chi connectivity index (χ0n) is 12.5. The van der Waals surface area contributed by atoms with Crippen molar-refractivity contribution in [3.63, 3.8) is 0 Å². The molecule has 1 aromatic heterocycles. The third-order valence-electron chi connectivity index (χ3n) is 3.43. The van der Waals surface area contributed by atoms with Crippen molar-refractivity contribution in [2.45, 2.75) is 24.1 Å². The summed E-state index contributed by atoms with van der Waals surface area (Å²) < 4.78 is 3.18. The van der Waals surface area contributed by atoms with Crippen LogP contribution in [-0.2, 0) is 18.9 Å². The third kappa shape index (κ3) is 4.47. The molecule has 0 saturated heterocycles. The van der Waals surface area contributed by atoms with E-state index in [4.69, 9.17) is 0 Å². The van der Waals surface area contributed by atoms with Gasteiger partial charge >= 0.3 is 0 Å². The van der Waals surface area contributed by atoms with Crippen LogP contribution in [0.4, 0.5) is 0 Å². The Bertz CT molecular complexity index is 756. The van der Waals surface area contributed by atoms with Crippen molar-refractivity contribution in [2.75, 3.05) is 0 Å². The van der Waals surface area contributed by atoms with Crippen LogP contribution in [-0.4, -0.2) is 14.7 Å². The fourth-order valence-corrected chi connectivity index (χ4v) is 3.48. The van der Waals surface area contributed by atoms with Crippen molar-refractivity contribution >= 4 is 27.7 Å². The van der Waals surface area contributed by atoms with Gasteiger partial charge in [0.25, 0.3) is 0 Å². The van der Waals surface area contributed by atoms with E-state index in [0.29, 0.717) is 5.69 Å². The second kappa shape index (κ2) is 7.81. The van der Waals surface area contributed by atoms with Gasteiger partial charge in [0.2, 0.25) is 0 Å². The van der Waals surface area contributed by atoms with Gasteiger partial charge in [-0.25, -0.2) is 4.98 Å². The van der Waals surface area contributed by atoms with E-state index in [1.54, 1.807) is 11.8 Å². The van der Waals surface area contributed by atoms with Crippen molar-refractivity contribution < 1.29 is 5.11 Å². The monoisotopic (exact) mass is 388 g/mol. The van der Waals surface area contributed by atoms with Gasteiger partial charge in [-0.05, 0) is 23.3 Å². The molecule has 1 N–H and O–H groups in total.